The molecule has 1 aromatic carbocycles. The molecule has 0 aliphatic heterocycles. The highest BCUT2D eigenvalue weighted by molar-refractivity contribution is 9.10. The number of rotatable bonds is 6. The summed E-state index contributed by atoms with van der Waals surface area (Å²) in [5, 5.41) is 3.01. The Hall–Kier alpha value is -0.860. The first-order chi connectivity index (χ1) is 8.29. The third kappa shape index (κ3) is 5.19. The van der Waals surface area contributed by atoms with E-state index in [9.17, 15) is 12.8 Å². The number of nitrogens with one attached hydrogen (secondary N) is 2. The van der Waals surface area contributed by atoms with Crippen LogP contribution in [-0.4, -0.2) is 27.8 Å². The number of hydrogen-bond donors (Lipinski definition) is 3. The van der Waals surface area contributed by atoms with E-state index in [1.807, 2.05) is 0 Å². The van der Waals surface area contributed by atoms with Crippen molar-refractivity contribution in [2.24, 2.45) is 0 Å². The zero-order chi connectivity index (χ0) is 13.8. The minimum Gasteiger partial charge on any atom is -0.397 e. The summed E-state index contributed by atoms with van der Waals surface area (Å²) in [5.74, 6) is -0.420. The molecule has 0 fully saturated rings. The van der Waals surface area contributed by atoms with Crippen LogP contribution in [0.2, 0.25) is 0 Å². The second-order valence-corrected chi connectivity index (χ2v) is 6.49. The predicted octanol–water partition coefficient (Wildman–Crippen LogP) is 1.52. The maximum absolute atomic E-state index is 13.1. The van der Waals surface area contributed by atoms with Crippen LogP contribution >= 0.6 is 15.9 Å². The molecule has 0 aliphatic rings. The van der Waals surface area contributed by atoms with Gasteiger partial charge in [-0.1, -0.05) is 0 Å². The standard InChI is InChI=1S/C10H15BrFN3O2S/c1-18(16,17)15-4-2-3-14-10-5-7(11)8(12)6-9(10)13/h5-6,14-15H,2-4,13H2,1H3. The molecule has 1 rings (SSSR count). The Bertz CT molecular complexity index is 522. The molecule has 0 unspecified atom stereocenters. The van der Waals surface area contributed by atoms with Crippen LogP contribution in [0.15, 0.2) is 16.6 Å². The first-order valence-electron chi connectivity index (χ1n) is 5.22. The SMILES string of the molecule is CS(=O)(=O)NCCCNc1cc(Br)c(F)cc1N. The van der Waals surface area contributed by atoms with Gasteiger partial charge in [0.2, 0.25) is 10.0 Å². The van der Waals surface area contributed by atoms with Crippen LogP contribution in [0, 0.1) is 5.82 Å². The summed E-state index contributed by atoms with van der Waals surface area (Å²) in [6, 6.07) is 2.77. The van der Waals surface area contributed by atoms with E-state index in [0.29, 0.717) is 35.4 Å². The maximum Gasteiger partial charge on any atom is 0.208 e. The van der Waals surface area contributed by atoms with Crippen molar-refractivity contribution in [3.63, 3.8) is 0 Å². The van der Waals surface area contributed by atoms with E-state index in [1.165, 1.54) is 6.07 Å². The quantitative estimate of drug-likeness (QED) is 0.542. The lowest BCUT2D eigenvalue weighted by Crippen LogP contribution is -2.24. The normalized spacial score (nSPS) is 11.5. The van der Waals surface area contributed by atoms with Crippen LogP contribution in [0.5, 0.6) is 0 Å². The lowest BCUT2D eigenvalue weighted by Gasteiger charge is -2.10. The Morgan fingerprint density at radius 1 is 1.39 bits per heavy atom. The summed E-state index contributed by atoms with van der Waals surface area (Å²) in [6.45, 7) is 0.874. The van der Waals surface area contributed by atoms with Crippen LogP contribution in [0.25, 0.3) is 0 Å². The van der Waals surface area contributed by atoms with E-state index in [1.54, 1.807) is 6.07 Å². The molecule has 102 valence electrons. The molecule has 0 aromatic heterocycles. The monoisotopic (exact) mass is 339 g/mol. The Morgan fingerprint density at radius 3 is 2.67 bits per heavy atom. The minimum atomic E-state index is -3.15. The largest absolute Gasteiger partial charge is 0.397 e. The fourth-order valence-corrected chi connectivity index (χ4v) is 2.14. The van der Waals surface area contributed by atoms with Crippen molar-refractivity contribution in [3.8, 4) is 0 Å². The Kier molecular flexibility index (Phi) is 5.36. The first-order valence-corrected chi connectivity index (χ1v) is 7.91. The lowest BCUT2D eigenvalue weighted by atomic mass is 10.2. The van der Waals surface area contributed by atoms with Crippen molar-refractivity contribution >= 4 is 37.3 Å². The van der Waals surface area contributed by atoms with Gasteiger partial charge in [0.1, 0.15) is 5.82 Å². The molecular weight excluding hydrogens is 325 g/mol. The maximum atomic E-state index is 13.1. The van der Waals surface area contributed by atoms with Gasteiger partial charge in [0, 0.05) is 19.2 Å². The van der Waals surface area contributed by atoms with E-state index >= 15 is 0 Å². The van der Waals surface area contributed by atoms with Crippen molar-refractivity contribution in [2.75, 3.05) is 30.4 Å². The third-order valence-corrected chi connectivity index (χ3v) is 3.46. The fraction of sp³-hybridized carbons (Fsp3) is 0.400. The van der Waals surface area contributed by atoms with E-state index in [0.717, 1.165) is 6.26 Å². The lowest BCUT2D eigenvalue weighted by molar-refractivity contribution is 0.586. The molecule has 0 heterocycles. The van der Waals surface area contributed by atoms with Crippen LogP contribution < -0.4 is 15.8 Å². The molecule has 0 atom stereocenters. The van der Waals surface area contributed by atoms with Crippen molar-refractivity contribution in [2.45, 2.75) is 6.42 Å². The molecule has 8 heteroatoms. The van der Waals surface area contributed by atoms with Crippen molar-refractivity contribution in [1.82, 2.24) is 4.72 Å². The molecule has 0 amide bonds. The molecule has 0 saturated carbocycles. The Balaban J connectivity index is 2.43. The highest BCUT2D eigenvalue weighted by Crippen LogP contribution is 2.26. The highest BCUT2D eigenvalue weighted by atomic mass is 79.9. The van der Waals surface area contributed by atoms with Crippen molar-refractivity contribution in [3.05, 3.63) is 22.4 Å². The number of hydrogen-bond acceptors (Lipinski definition) is 4. The highest BCUT2D eigenvalue weighted by Gasteiger charge is 2.05. The van der Waals surface area contributed by atoms with Crippen LogP contribution in [0.4, 0.5) is 15.8 Å². The molecule has 0 saturated heterocycles. The van der Waals surface area contributed by atoms with Gasteiger partial charge < -0.3 is 11.1 Å². The summed E-state index contributed by atoms with van der Waals surface area (Å²) in [6.07, 6.45) is 1.71. The van der Waals surface area contributed by atoms with E-state index in [-0.39, 0.29) is 0 Å². The van der Waals surface area contributed by atoms with Gasteiger partial charge in [-0.05, 0) is 28.4 Å². The number of halogens is 2. The minimum absolute atomic E-state index is 0.312. The van der Waals surface area contributed by atoms with E-state index in [4.69, 9.17) is 5.73 Å². The molecule has 18 heavy (non-hydrogen) atoms. The summed E-state index contributed by atoms with van der Waals surface area (Å²) in [4.78, 5) is 0. The van der Waals surface area contributed by atoms with Crippen LogP contribution in [-0.2, 0) is 10.0 Å². The second kappa shape index (κ2) is 6.35. The number of anilines is 2. The first kappa shape index (κ1) is 15.2. The average Bonchev–Trinajstić information content (AvgIpc) is 2.23. The topological polar surface area (TPSA) is 84.2 Å². The van der Waals surface area contributed by atoms with Gasteiger partial charge >= 0.3 is 0 Å². The second-order valence-electron chi connectivity index (χ2n) is 3.80. The molecular formula is C10H15BrFN3O2S. The van der Waals surface area contributed by atoms with Crippen LogP contribution in [0.1, 0.15) is 6.42 Å². The average molecular weight is 340 g/mol. The molecule has 0 aliphatic carbocycles. The summed E-state index contributed by atoms with van der Waals surface area (Å²) < 4.78 is 37.4. The van der Waals surface area contributed by atoms with Gasteiger partial charge in [-0.15, -0.1) is 0 Å². The van der Waals surface area contributed by atoms with Gasteiger partial charge in [-0.25, -0.2) is 17.5 Å². The third-order valence-electron chi connectivity index (χ3n) is 2.13. The number of benzene rings is 1. The predicted molar refractivity (Wildman–Crippen MR) is 74.5 cm³/mol. The van der Waals surface area contributed by atoms with Gasteiger partial charge in [0.15, 0.2) is 0 Å². The Labute approximate surface area is 114 Å². The molecule has 0 radical (unpaired) electrons. The van der Waals surface area contributed by atoms with E-state index in [2.05, 4.69) is 26.0 Å². The van der Waals surface area contributed by atoms with Gasteiger partial charge in [-0.2, -0.15) is 0 Å². The molecule has 0 spiro atoms. The smallest absolute Gasteiger partial charge is 0.208 e. The molecule has 4 N–H and O–H groups in total. The van der Waals surface area contributed by atoms with Gasteiger partial charge in [-0.3, -0.25) is 0 Å². The summed E-state index contributed by atoms with van der Waals surface area (Å²) >= 11 is 3.07. The number of sulfonamides is 1. The molecule has 1 aromatic rings. The zero-order valence-electron chi connectivity index (χ0n) is 9.83. The fourth-order valence-electron chi connectivity index (χ4n) is 1.28. The van der Waals surface area contributed by atoms with Crippen molar-refractivity contribution in [1.29, 1.82) is 0 Å². The number of nitrogen functional groups attached to an aromatic ring is 1. The molecule has 0 bridgehead atoms. The summed E-state index contributed by atoms with van der Waals surface area (Å²) in [7, 11) is -3.15. The molecule has 5 nitrogen and oxygen atoms in total. The van der Waals surface area contributed by atoms with Crippen molar-refractivity contribution < 1.29 is 12.8 Å². The van der Waals surface area contributed by atoms with Gasteiger partial charge in [0.25, 0.3) is 0 Å². The van der Waals surface area contributed by atoms with Gasteiger partial charge in [0.05, 0.1) is 22.1 Å². The van der Waals surface area contributed by atoms with E-state index < -0.39 is 15.8 Å². The zero-order valence-corrected chi connectivity index (χ0v) is 12.2. The van der Waals surface area contributed by atoms with Crippen LogP contribution in [0.3, 0.4) is 0 Å². The summed E-state index contributed by atoms with van der Waals surface area (Å²) in [5.41, 5.74) is 6.56. The number of nitrogens with two attached hydrogens (primary N) is 1. The Morgan fingerprint density at radius 2 is 2.06 bits per heavy atom.